The van der Waals surface area contributed by atoms with Gasteiger partial charge in [-0.1, -0.05) is 6.07 Å². The maximum Gasteiger partial charge on any atom is 0.407 e. The molecule has 0 spiro atoms. The van der Waals surface area contributed by atoms with Crippen molar-refractivity contribution in [1.29, 1.82) is 0 Å². The Morgan fingerprint density at radius 1 is 1.10 bits per heavy atom. The number of ether oxygens (including phenoxy) is 1. The van der Waals surface area contributed by atoms with Gasteiger partial charge in [-0.3, -0.25) is 14.9 Å². The number of hydrogen-bond donors (Lipinski definition) is 1. The normalized spacial score (nSPS) is 11.5. The molecule has 0 aliphatic heterocycles. The molecule has 0 unspecified atom stereocenters. The fraction of sp³-hybridized carbons (Fsp3) is 0.542. The van der Waals surface area contributed by atoms with Gasteiger partial charge < -0.3 is 10.1 Å². The molecule has 1 amide bonds. The van der Waals surface area contributed by atoms with Gasteiger partial charge in [-0.05, 0) is 83.3 Å². The van der Waals surface area contributed by atoms with Crippen molar-refractivity contribution in [2.24, 2.45) is 0 Å². The smallest absolute Gasteiger partial charge is 0.407 e. The quantitative estimate of drug-likeness (QED) is 0.584. The molecule has 0 radical (unpaired) electrons. The molecular formula is C24H36N4O2. The molecule has 0 saturated heterocycles. The molecule has 2 aromatic heterocycles. The van der Waals surface area contributed by atoms with Crippen molar-refractivity contribution in [3.05, 3.63) is 59.2 Å². The topological polar surface area (TPSA) is 67.4 Å². The lowest BCUT2D eigenvalue weighted by Crippen LogP contribution is -2.33. The summed E-state index contributed by atoms with van der Waals surface area (Å²) in [6.07, 6.45) is 6.17. The molecule has 0 bridgehead atoms. The van der Waals surface area contributed by atoms with Gasteiger partial charge in [0.05, 0.1) is 5.69 Å². The first kappa shape index (κ1) is 23.8. The van der Waals surface area contributed by atoms with E-state index in [9.17, 15) is 4.79 Å². The van der Waals surface area contributed by atoms with Gasteiger partial charge in [0.2, 0.25) is 0 Å². The second-order valence-corrected chi connectivity index (χ2v) is 8.75. The number of amides is 1. The third-order valence-corrected chi connectivity index (χ3v) is 4.72. The predicted octanol–water partition coefficient (Wildman–Crippen LogP) is 4.44. The molecule has 0 aliphatic carbocycles. The van der Waals surface area contributed by atoms with Crippen LogP contribution in [-0.4, -0.2) is 46.2 Å². The molecule has 1 N–H and O–H groups in total. The number of carbonyl (C=O) groups is 1. The van der Waals surface area contributed by atoms with Crippen LogP contribution in [0, 0.1) is 13.8 Å². The van der Waals surface area contributed by atoms with Gasteiger partial charge in [-0.25, -0.2) is 4.79 Å². The molecule has 0 atom stereocenters. The van der Waals surface area contributed by atoms with Crippen molar-refractivity contribution in [1.82, 2.24) is 20.2 Å². The molecule has 2 aromatic rings. The van der Waals surface area contributed by atoms with E-state index < -0.39 is 5.60 Å². The molecule has 0 aliphatic rings. The number of nitrogens with one attached hydrogen (secondary N) is 1. The molecular weight excluding hydrogens is 376 g/mol. The first-order valence-electron chi connectivity index (χ1n) is 10.7. The van der Waals surface area contributed by atoms with Crippen LogP contribution in [0.4, 0.5) is 4.79 Å². The summed E-state index contributed by atoms with van der Waals surface area (Å²) in [5.74, 6) is 0. The van der Waals surface area contributed by atoms with Crippen LogP contribution in [0.3, 0.4) is 0 Å². The van der Waals surface area contributed by atoms with Crippen LogP contribution in [0.15, 0.2) is 36.7 Å². The van der Waals surface area contributed by atoms with Crippen LogP contribution < -0.4 is 5.32 Å². The van der Waals surface area contributed by atoms with Crippen LogP contribution in [-0.2, 0) is 17.7 Å². The van der Waals surface area contributed by atoms with Gasteiger partial charge in [0, 0.05) is 44.1 Å². The Kier molecular flexibility index (Phi) is 9.24. The summed E-state index contributed by atoms with van der Waals surface area (Å²) in [5.41, 5.74) is 4.21. The molecule has 2 rings (SSSR count). The van der Waals surface area contributed by atoms with Crippen molar-refractivity contribution >= 4 is 6.09 Å². The summed E-state index contributed by atoms with van der Waals surface area (Å²) in [6.45, 7) is 13.1. The number of pyridine rings is 2. The second kappa shape index (κ2) is 11.6. The highest BCUT2D eigenvalue weighted by atomic mass is 16.6. The average molecular weight is 413 g/mol. The van der Waals surface area contributed by atoms with E-state index in [0.717, 1.165) is 50.3 Å². The molecule has 0 fully saturated rings. The summed E-state index contributed by atoms with van der Waals surface area (Å²) in [4.78, 5) is 23.2. The standard InChI is InChI=1S/C24H36N4O2/c1-19-10-14-25-21(17-19)11-16-28(18-22-20(2)9-8-13-26-22)15-7-6-12-27-23(29)30-24(3,4)5/h8-10,13-14,17H,6-7,11-12,15-16,18H2,1-5H3,(H,27,29). The lowest BCUT2D eigenvalue weighted by atomic mass is 10.1. The first-order chi connectivity index (χ1) is 14.2. The van der Waals surface area contributed by atoms with Crippen molar-refractivity contribution in [3.8, 4) is 0 Å². The number of nitrogens with zero attached hydrogens (tertiary/aromatic N) is 3. The number of rotatable bonds is 10. The summed E-state index contributed by atoms with van der Waals surface area (Å²) in [7, 11) is 0. The summed E-state index contributed by atoms with van der Waals surface area (Å²) in [5, 5.41) is 2.83. The summed E-state index contributed by atoms with van der Waals surface area (Å²) >= 11 is 0. The number of aromatic nitrogens is 2. The molecule has 0 aromatic carbocycles. The minimum Gasteiger partial charge on any atom is -0.444 e. The average Bonchev–Trinajstić information content (AvgIpc) is 2.66. The highest BCUT2D eigenvalue weighted by molar-refractivity contribution is 5.67. The van der Waals surface area contributed by atoms with E-state index >= 15 is 0 Å². The minimum atomic E-state index is -0.467. The minimum absolute atomic E-state index is 0.353. The van der Waals surface area contributed by atoms with Crippen LogP contribution in [0.2, 0.25) is 0 Å². The van der Waals surface area contributed by atoms with Crippen LogP contribution in [0.1, 0.15) is 56.1 Å². The van der Waals surface area contributed by atoms with E-state index in [4.69, 9.17) is 4.74 Å². The fourth-order valence-electron chi connectivity index (χ4n) is 3.14. The Morgan fingerprint density at radius 3 is 2.60 bits per heavy atom. The van der Waals surface area contributed by atoms with E-state index in [-0.39, 0.29) is 6.09 Å². The van der Waals surface area contributed by atoms with Gasteiger partial charge >= 0.3 is 6.09 Å². The zero-order valence-corrected chi connectivity index (χ0v) is 19.1. The maximum absolute atomic E-state index is 11.8. The third kappa shape index (κ3) is 9.35. The van der Waals surface area contributed by atoms with Crippen molar-refractivity contribution in [2.75, 3.05) is 19.6 Å². The van der Waals surface area contributed by atoms with E-state index in [1.165, 1.54) is 11.1 Å². The Morgan fingerprint density at radius 2 is 1.90 bits per heavy atom. The Bertz CT molecular complexity index is 802. The van der Waals surface area contributed by atoms with Crippen molar-refractivity contribution < 1.29 is 9.53 Å². The highest BCUT2D eigenvalue weighted by Crippen LogP contribution is 2.11. The number of alkyl carbamates (subject to hydrolysis) is 1. The zero-order valence-electron chi connectivity index (χ0n) is 19.1. The molecule has 6 heteroatoms. The van der Waals surface area contributed by atoms with Gasteiger partial charge in [0.15, 0.2) is 0 Å². The van der Waals surface area contributed by atoms with Gasteiger partial charge in [0.25, 0.3) is 0 Å². The fourth-order valence-corrected chi connectivity index (χ4v) is 3.14. The molecule has 6 nitrogen and oxygen atoms in total. The van der Waals surface area contributed by atoms with Crippen molar-refractivity contribution in [3.63, 3.8) is 0 Å². The lowest BCUT2D eigenvalue weighted by Gasteiger charge is -2.23. The number of unbranched alkanes of at least 4 members (excludes halogenated alkanes) is 1. The molecule has 30 heavy (non-hydrogen) atoms. The molecule has 0 saturated carbocycles. The van der Waals surface area contributed by atoms with E-state index in [0.29, 0.717) is 6.54 Å². The molecule has 164 valence electrons. The Labute approximate surface area is 181 Å². The zero-order chi connectivity index (χ0) is 22.0. The third-order valence-electron chi connectivity index (χ3n) is 4.72. The van der Waals surface area contributed by atoms with Gasteiger partial charge in [0.1, 0.15) is 5.60 Å². The SMILES string of the molecule is Cc1ccnc(CCN(CCCCNC(=O)OC(C)(C)C)Cc2ncccc2C)c1. The number of aryl methyl sites for hydroxylation is 2. The van der Waals surface area contributed by atoms with E-state index in [1.807, 2.05) is 45.3 Å². The largest absolute Gasteiger partial charge is 0.444 e. The first-order valence-corrected chi connectivity index (χ1v) is 10.7. The Hall–Kier alpha value is -2.47. The number of carbonyl (C=O) groups excluding carboxylic acids is 1. The lowest BCUT2D eigenvalue weighted by molar-refractivity contribution is 0.0526. The van der Waals surface area contributed by atoms with E-state index in [2.05, 4.69) is 46.2 Å². The molecule has 2 heterocycles. The van der Waals surface area contributed by atoms with Crippen molar-refractivity contribution in [2.45, 2.75) is 66.0 Å². The Balaban J connectivity index is 1.84. The van der Waals surface area contributed by atoms with Crippen LogP contribution >= 0.6 is 0 Å². The monoisotopic (exact) mass is 412 g/mol. The second-order valence-electron chi connectivity index (χ2n) is 8.75. The summed E-state index contributed by atoms with van der Waals surface area (Å²) in [6, 6.07) is 8.25. The van der Waals surface area contributed by atoms with Crippen LogP contribution in [0.25, 0.3) is 0 Å². The highest BCUT2D eigenvalue weighted by Gasteiger charge is 2.15. The number of hydrogen-bond acceptors (Lipinski definition) is 5. The van der Waals surface area contributed by atoms with Gasteiger partial charge in [-0.15, -0.1) is 0 Å². The van der Waals surface area contributed by atoms with E-state index in [1.54, 1.807) is 0 Å². The summed E-state index contributed by atoms with van der Waals surface area (Å²) < 4.78 is 5.28. The maximum atomic E-state index is 11.8. The van der Waals surface area contributed by atoms with Crippen LogP contribution in [0.5, 0.6) is 0 Å². The predicted molar refractivity (Wildman–Crippen MR) is 120 cm³/mol. The van der Waals surface area contributed by atoms with Gasteiger partial charge in [-0.2, -0.15) is 0 Å².